The Balaban J connectivity index is 0.000000232. The lowest BCUT2D eigenvalue weighted by atomic mass is 9.94. The number of aryl methyl sites for hydroxylation is 1. The molecule has 140 valence electrons. The van der Waals surface area contributed by atoms with Crippen molar-refractivity contribution in [3.05, 3.63) is 77.9 Å². The minimum Gasteiger partial charge on any atom is -0.458 e. The molecule has 1 heterocycles. The van der Waals surface area contributed by atoms with E-state index in [1.807, 2.05) is 54.6 Å². The van der Waals surface area contributed by atoms with Gasteiger partial charge in [0, 0.05) is 12.0 Å². The van der Waals surface area contributed by atoms with Gasteiger partial charge in [-0.3, -0.25) is 0 Å². The summed E-state index contributed by atoms with van der Waals surface area (Å²) >= 11 is 0. The molecule has 0 fully saturated rings. The van der Waals surface area contributed by atoms with Gasteiger partial charge in [-0.05, 0) is 30.9 Å². The van der Waals surface area contributed by atoms with E-state index in [4.69, 9.17) is 4.74 Å². The zero-order chi connectivity index (χ0) is 18.7. The first-order valence-electron chi connectivity index (χ1n) is 9.89. The van der Waals surface area contributed by atoms with Crippen LogP contribution in [-0.4, -0.2) is 5.11 Å². The Morgan fingerprint density at radius 3 is 2.35 bits per heavy atom. The molecule has 0 radical (unpaired) electrons. The summed E-state index contributed by atoms with van der Waals surface area (Å²) in [5, 5.41) is 10.6. The highest BCUT2D eigenvalue weighted by Crippen LogP contribution is 2.37. The largest absolute Gasteiger partial charge is 0.458 e. The van der Waals surface area contributed by atoms with E-state index in [0.29, 0.717) is 6.42 Å². The third-order valence-electron chi connectivity index (χ3n) is 4.56. The van der Waals surface area contributed by atoms with E-state index in [2.05, 4.69) is 26.0 Å². The topological polar surface area (TPSA) is 29.5 Å². The van der Waals surface area contributed by atoms with Gasteiger partial charge in [0.05, 0.1) is 0 Å². The average Bonchev–Trinajstić information content (AvgIpc) is 2.69. The first-order valence-corrected chi connectivity index (χ1v) is 9.89. The van der Waals surface area contributed by atoms with E-state index in [0.717, 1.165) is 23.3 Å². The predicted octanol–water partition coefficient (Wildman–Crippen LogP) is 6.39. The van der Waals surface area contributed by atoms with Gasteiger partial charge < -0.3 is 9.84 Å². The van der Waals surface area contributed by atoms with Gasteiger partial charge >= 0.3 is 0 Å². The fourth-order valence-electron chi connectivity index (χ4n) is 2.97. The lowest BCUT2D eigenvalue weighted by Crippen LogP contribution is -2.36. The molecule has 0 saturated heterocycles. The summed E-state index contributed by atoms with van der Waals surface area (Å²) in [6, 6.07) is 17.4. The Morgan fingerprint density at radius 2 is 1.62 bits per heavy atom. The predicted molar refractivity (Wildman–Crippen MR) is 109 cm³/mol. The number of fused-ring (bicyclic) bond motifs is 1. The molecule has 3 rings (SSSR count). The molecule has 0 amide bonds. The van der Waals surface area contributed by atoms with E-state index >= 15 is 0 Å². The second-order valence-electron chi connectivity index (χ2n) is 6.76. The molecular weight excluding hydrogens is 320 g/mol. The van der Waals surface area contributed by atoms with Crippen LogP contribution in [0.15, 0.2) is 66.7 Å². The zero-order valence-electron chi connectivity index (χ0n) is 16.2. The van der Waals surface area contributed by atoms with Crippen LogP contribution in [0.2, 0.25) is 0 Å². The van der Waals surface area contributed by atoms with Crippen LogP contribution < -0.4 is 4.74 Å². The van der Waals surface area contributed by atoms with E-state index in [-0.39, 0.29) is 0 Å². The number of allylic oxidation sites excluding steroid dienone is 2. The number of hydrogen-bond acceptors (Lipinski definition) is 2. The molecule has 0 spiro atoms. The lowest BCUT2D eigenvalue weighted by Gasteiger charge is -2.34. The van der Waals surface area contributed by atoms with Crippen LogP contribution in [0.4, 0.5) is 0 Å². The van der Waals surface area contributed by atoms with Gasteiger partial charge in [-0.2, -0.15) is 0 Å². The number of rotatable bonds is 6. The standard InChI is InChI=1S/C15H14O2.C9H18/c16-15(13-7-2-1-3-8-13)11-10-12-6-4-5-9-14(12)17-15;1-3-5-7-9-8-6-4-2/h1-9,16H,10-11H2;7,9H,3-6,8H2,1-2H3. The highest BCUT2D eigenvalue weighted by Gasteiger charge is 2.35. The van der Waals surface area contributed by atoms with Crippen molar-refractivity contribution in [2.75, 3.05) is 0 Å². The van der Waals surface area contributed by atoms with Crippen molar-refractivity contribution in [1.82, 2.24) is 0 Å². The van der Waals surface area contributed by atoms with Crippen LogP contribution in [0.1, 0.15) is 63.5 Å². The second kappa shape index (κ2) is 10.8. The third-order valence-corrected chi connectivity index (χ3v) is 4.56. The summed E-state index contributed by atoms with van der Waals surface area (Å²) in [5.41, 5.74) is 1.97. The van der Waals surface area contributed by atoms with Gasteiger partial charge in [0.15, 0.2) is 0 Å². The Labute approximate surface area is 158 Å². The molecule has 1 N–H and O–H groups in total. The highest BCUT2D eigenvalue weighted by molar-refractivity contribution is 5.37. The van der Waals surface area contributed by atoms with Gasteiger partial charge in [-0.15, -0.1) is 0 Å². The highest BCUT2D eigenvalue weighted by atomic mass is 16.6. The molecule has 2 heteroatoms. The molecule has 0 aromatic heterocycles. The maximum absolute atomic E-state index is 10.6. The van der Waals surface area contributed by atoms with Crippen molar-refractivity contribution in [2.45, 2.75) is 64.6 Å². The molecule has 26 heavy (non-hydrogen) atoms. The Bertz CT molecular complexity index is 663. The SMILES string of the molecule is CCCC=CCCCC.OC1(c2ccccc2)CCc2ccccc2O1. The van der Waals surface area contributed by atoms with Crippen molar-refractivity contribution in [3.8, 4) is 5.75 Å². The molecule has 0 bridgehead atoms. The second-order valence-corrected chi connectivity index (χ2v) is 6.76. The monoisotopic (exact) mass is 352 g/mol. The van der Waals surface area contributed by atoms with Gasteiger partial charge in [0.25, 0.3) is 0 Å². The molecule has 1 aliphatic heterocycles. The number of hydrogen-bond donors (Lipinski definition) is 1. The molecule has 0 aliphatic carbocycles. The molecular formula is C24H32O2. The van der Waals surface area contributed by atoms with Crippen molar-refractivity contribution in [1.29, 1.82) is 0 Å². The fourth-order valence-corrected chi connectivity index (χ4v) is 2.97. The molecule has 2 nitrogen and oxygen atoms in total. The van der Waals surface area contributed by atoms with E-state index in [1.165, 1.54) is 32.1 Å². The zero-order valence-corrected chi connectivity index (χ0v) is 16.2. The first kappa shape index (κ1) is 20.3. The summed E-state index contributed by atoms with van der Waals surface area (Å²) in [7, 11) is 0. The van der Waals surface area contributed by atoms with E-state index in [1.54, 1.807) is 0 Å². The Morgan fingerprint density at radius 1 is 0.923 bits per heavy atom. The van der Waals surface area contributed by atoms with Crippen LogP contribution in [-0.2, 0) is 12.2 Å². The van der Waals surface area contributed by atoms with Gasteiger partial charge in [0.1, 0.15) is 5.75 Å². The van der Waals surface area contributed by atoms with Gasteiger partial charge in [0.2, 0.25) is 5.79 Å². The molecule has 1 atom stereocenters. The maximum atomic E-state index is 10.6. The van der Waals surface area contributed by atoms with Gasteiger partial charge in [-0.25, -0.2) is 0 Å². The Hall–Kier alpha value is -2.06. The van der Waals surface area contributed by atoms with E-state index < -0.39 is 5.79 Å². The normalized spacial score (nSPS) is 18.6. The minimum atomic E-state index is -1.18. The number of benzene rings is 2. The maximum Gasteiger partial charge on any atom is 0.235 e. The molecule has 2 aromatic carbocycles. The molecule has 1 aliphatic rings. The smallest absolute Gasteiger partial charge is 0.235 e. The summed E-state index contributed by atoms with van der Waals surface area (Å²) in [4.78, 5) is 0. The van der Waals surface area contributed by atoms with Crippen LogP contribution in [0, 0.1) is 0 Å². The number of para-hydroxylation sites is 1. The average molecular weight is 353 g/mol. The Kier molecular flexibility index (Phi) is 8.43. The van der Waals surface area contributed by atoms with Crippen LogP contribution in [0.25, 0.3) is 0 Å². The third kappa shape index (κ3) is 6.03. The summed E-state index contributed by atoms with van der Waals surface area (Å²) in [6.07, 6.45) is 12.5. The summed E-state index contributed by atoms with van der Waals surface area (Å²) < 4.78 is 5.76. The summed E-state index contributed by atoms with van der Waals surface area (Å²) in [6.45, 7) is 4.44. The van der Waals surface area contributed by atoms with Crippen molar-refractivity contribution >= 4 is 0 Å². The van der Waals surface area contributed by atoms with Crippen molar-refractivity contribution in [3.63, 3.8) is 0 Å². The molecule has 2 aromatic rings. The van der Waals surface area contributed by atoms with Crippen LogP contribution in [0.5, 0.6) is 5.75 Å². The number of aliphatic hydroxyl groups is 1. The van der Waals surface area contributed by atoms with Crippen molar-refractivity contribution < 1.29 is 9.84 Å². The quantitative estimate of drug-likeness (QED) is 0.482. The lowest BCUT2D eigenvalue weighted by molar-refractivity contribution is -0.158. The number of ether oxygens (including phenoxy) is 1. The van der Waals surface area contributed by atoms with Crippen LogP contribution in [0.3, 0.4) is 0 Å². The van der Waals surface area contributed by atoms with E-state index in [9.17, 15) is 5.11 Å². The van der Waals surface area contributed by atoms with Gasteiger partial charge in [-0.1, -0.05) is 93.8 Å². The summed E-state index contributed by atoms with van der Waals surface area (Å²) in [5.74, 6) is -0.402. The molecule has 0 saturated carbocycles. The van der Waals surface area contributed by atoms with Crippen molar-refractivity contribution in [2.24, 2.45) is 0 Å². The number of unbranched alkanes of at least 4 members (excludes halogenated alkanes) is 3. The van der Waals surface area contributed by atoms with Crippen LogP contribution >= 0.6 is 0 Å². The minimum absolute atomic E-state index is 0.591. The first-order chi connectivity index (χ1) is 12.7. The fraction of sp³-hybridized carbons (Fsp3) is 0.417. The molecule has 1 unspecified atom stereocenters.